The molecule has 1 amide bonds. The van der Waals surface area contributed by atoms with Crippen LogP contribution in [0.2, 0.25) is 0 Å². The zero-order valence-electron chi connectivity index (χ0n) is 32.8. The number of quaternary nitrogens is 2. The van der Waals surface area contributed by atoms with E-state index in [2.05, 4.69) is 20.6 Å². The summed E-state index contributed by atoms with van der Waals surface area (Å²) in [4.78, 5) is 55.2. The number of aromatic nitrogens is 3. The normalized spacial score (nSPS) is 14.6. The van der Waals surface area contributed by atoms with Gasteiger partial charge in [-0.1, -0.05) is 0 Å². The van der Waals surface area contributed by atoms with Gasteiger partial charge in [-0.3, -0.25) is 4.79 Å². The summed E-state index contributed by atoms with van der Waals surface area (Å²) in [5, 5.41) is 5.86. The molecule has 1 aliphatic rings. The summed E-state index contributed by atoms with van der Waals surface area (Å²) in [6.45, 7) is 15.9. The number of carbonyl (C=O) groups is 1. The summed E-state index contributed by atoms with van der Waals surface area (Å²) < 4.78 is 56.4. The van der Waals surface area contributed by atoms with Gasteiger partial charge in [0.15, 0.2) is 40.3 Å². The Morgan fingerprint density at radius 2 is 1.43 bits per heavy atom. The number of hydrogen-bond donors (Lipinski definition) is 2. The minimum atomic E-state index is -5.83. The molecule has 2 aromatic heterocycles. The Bertz CT molecular complexity index is 1810. The number of fused-ring (bicyclic) bond motifs is 1. The second-order valence-corrected chi connectivity index (χ2v) is 14.2. The lowest BCUT2D eigenvalue weighted by Gasteiger charge is -2.63. The number of ether oxygens (including phenoxy) is 4. The zero-order valence-corrected chi connectivity index (χ0v) is 33.7. The number of amides is 1. The van der Waals surface area contributed by atoms with Crippen molar-refractivity contribution in [1.82, 2.24) is 15.0 Å². The maximum Gasteiger partial charge on any atom is 0.447 e. The third-order valence-electron chi connectivity index (χ3n) is 10.4. The summed E-state index contributed by atoms with van der Waals surface area (Å²) in [6, 6.07) is 6.27. The first-order valence-corrected chi connectivity index (χ1v) is 19.3. The van der Waals surface area contributed by atoms with Crippen LogP contribution < -0.4 is 44.3 Å². The van der Waals surface area contributed by atoms with Crippen LogP contribution in [0.4, 0.5) is 33.5 Å². The second kappa shape index (κ2) is 16.2. The summed E-state index contributed by atoms with van der Waals surface area (Å²) in [5.41, 5.74) is -1.10. The molecule has 3 aromatic rings. The molecule has 0 spiro atoms. The van der Waals surface area contributed by atoms with E-state index >= 15 is 4.39 Å². The van der Waals surface area contributed by atoms with Gasteiger partial charge in [0.1, 0.15) is 5.82 Å². The summed E-state index contributed by atoms with van der Waals surface area (Å²) in [7, 11) is -1.42. The number of pyridine rings is 1. The second-order valence-electron chi connectivity index (χ2n) is 13.1. The van der Waals surface area contributed by atoms with Gasteiger partial charge in [0.25, 0.3) is 5.91 Å². The van der Waals surface area contributed by atoms with E-state index in [1.807, 2.05) is 41.5 Å². The van der Waals surface area contributed by atoms with Gasteiger partial charge in [-0.25, -0.2) is 27.8 Å². The van der Waals surface area contributed by atoms with Gasteiger partial charge in [0.2, 0.25) is 11.7 Å². The first-order chi connectivity index (χ1) is 25.4. The molecule has 17 nitrogen and oxygen atoms in total. The third kappa shape index (κ3) is 7.38. The predicted molar refractivity (Wildman–Crippen MR) is 196 cm³/mol. The molecular weight excluding hydrogens is 726 g/mol. The van der Waals surface area contributed by atoms with E-state index in [0.29, 0.717) is 22.9 Å². The highest BCUT2D eigenvalue weighted by atomic mass is 31.2. The topological polar surface area (TPSA) is 192 Å². The minimum absolute atomic E-state index is 0.00563. The molecule has 3 heterocycles. The molecule has 298 valence electrons. The highest BCUT2D eigenvalue weighted by Crippen LogP contribution is 2.53. The van der Waals surface area contributed by atoms with Crippen LogP contribution in [0.5, 0.6) is 23.0 Å². The quantitative estimate of drug-likeness (QED) is 0.106. The van der Waals surface area contributed by atoms with Gasteiger partial charge in [0, 0.05) is 17.8 Å². The number of halogens is 1. The molecule has 4 rings (SSSR count). The smallest absolute Gasteiger partial charge is 0.447 e. The van der Waals surface area contributed by atoms with Crippen LogP contribution in [0, 0.1) is 5.82 Å². The van der Waals surface area contributed by atoms with Crippen molar-refractivity contribution < 1.29 is 56.0 Å². The highest BCUT2D eigenvalue weighted by molar-refractivity contribution is 7.43. The van der Waals surface area contributed by atoms with E-state index in [-0.39, 0.29) is 77.4 Å². The molecule has 0 bridgehead atoms. The van der Waals surface area contributed by atoms with Crippen LogP contribution in [0.15, 0.2) is 30.5 Å². The lowest BCUT2D eigenvalue weighted by atomic mass is 10.0. The van der Waals surface area contributed by atoms with Crippen LogP contribution in [0.1, 0.15) is 55.4 Å². The van der Waals surface area contributed by atoms with Crippen molar-refractivity contribution in [1.29, 1.82) is 0 Å². The van der Waals surface area contributed by atoms with E-state index in [4.69, 9.17) is 28.5 Å². The average Bonchev–Trinajstić information content (AvgIpc) is 3.14. The Morgan fingerprint density at radius 3 is 1.89 bits per heavy atom. The number of anilines is 5. The van der Waals surface area contributed by atoms with E-state index in [1.54, 1.807) is 26.0 Å². The zero-order chi connectivity index (χ0) is 40.3. The third-order valence-corrected chi connectivity index (χ3v) is 10.9. The lowest BCUT2D eigenvalue weighted by molar-refractivity contribution is -1.19. The molecule has 0 unspecified atom stereocenters. The number of nitrogens with zero attached hydrogens (tertiary/aromatic N) is 6. The largest absolute Gasteiger partial charge is 0.789 e. The fourth-order valence-electron chi connectivity index (χ4n) is 7.43. The van der Waals surface area contributed by atoms with E-state index in [9.17, 15) is 19.1 Å². The van der Waals surface area contributed by atoms with Crippen molar-refractivity contribution in [2.75, 3.05) is 76.1 Å². The molecule has 2 N–H and O–H groups in total. The number of nitrogens with one attached hydrogen (secondary N) is 2. The summed E-state index contributed by atoms with van der Waals surface area (Å²) in [5.74, 6) is -2.89. The van der Waals surface area contributed by atoms with E-state index < -0.39 is 31.1 Å². The molecule has 0 radical (unpaired) electrons. The molecule has 1 aromatic carbocycles. The maximum absolute atomic E-state index is 15.4. The van der Waals surface area contributed by atoms with E-state index in [1.165, 1.54) is 38.4 Å². The molecule has 0 fully saturated rings. The van der Waals surface area contributed by atoms with Gasteiger partial charge in [-0.15, -0.1) is 0 Å². The van der Waals surface area contributed by atoms with Gasteiger partial charge in [-0.05, 0) is 67.5 Å². The van der Waals surface area contributed by atoms with E-state index in [0.717, 1.165) is 6.20 Å². The standard InChI is InChI=1S/C35H52FN8O9P/c1-12-43(13-2,14-3)35(53-54(46,47)48,44(15-4,16-5)17-6)42-31-25(52-34(7,8)32(42)45)18-19-28(40-31)39-30-24(36)22-37-33(41-30)38-23-20-26(49-9)29(51-11)27(21-23)50-10/h18-22H,12-17H2,1-11H3,(H2-2,37,38,39,40,41,46,47,48). The number of hydrogen-bond acceptors (Lipinski definition) is 14. The Balaban J connectivity index is 1.94. The summed E-state index contributed by atoms with van der Waals surface area (Å²) in [6.07, 6.45) is 0.958. The number of methoxy groups -OCH3 is 3. The Labute approximate surface area is 315 Å². The van der Waals surface area contributed by atoms with Crippen molar-refractivity contribution in [3.05, 3.63) is 36.3 Å². The molecule has 0 saturated carbocycles. The van der Waals surface area contributed by atoms with Crippen LogP contribution >= 0.6 is 7.82 Å². The highest BCUT2D eigenvalue weighted by Gasteiger charge is 2.73. The molecule has 0 aliphatic carbocycles. The van der Waals surface area contributed by atoms with Gasteiger partial charge in [0.05, 0.1) is 74.6 Å². The number of phosphoric ester groups is 1. The molecule has 19 heteroatoms. The van der Waals surface area contributed by atoms with Crippen molar-refractivity contribution in [2.24, 2.45) is 0 Å². The van der Waals surface area contributed by atoms with Crippen LogP contribution in [0.25, 0.3) is 0 Å². The summed E-state index contributed by atoms with van der Waals surface area (Å²) >= 11 is 0. The first kappa shape index (κ1) is 42.4. The molecule has 0 saturated heterocycles. The van der Waals surface area contributed by atoms with Gasteiger partial charge < -0.3 is 43.9 Å². The predicted octanol–water partition coefficient (Wildman–Crippen LogP) is 4.24. The average molecular weight is 779 g/mol. The van der Waals surface area contributed by atoms with Crippen LogP contribution in [-0.4, -0.2) is 102 Å². The molecule has 1 aliphatic heterocycles. The minimum Gasteiger partial charge on any atom is -0.789 e. The Kier molecular flexibility index (Phi) is 12.7. The monoisotopic (exact) mass is 778 g/mol. The number of phosphoric acid groups is 1. The number of carbonyl (C=O) groups excluding carboxylic acids is 1. The molecule has 0 atom stereocenters. The molecular formula is C35H52FN8O9P. The SMILES string of the molecule is CC[N+](CC)(CC)C(OP(=O)([O-])[O-])(N1C(=O)C(C)(C)Oc2ccc(Nc3nc(Nc4cc(OC)c(OC)c(OC)c4)ncc3F)nc21)[N+](CC)(CC)CC. The van der Waals surface area contributed by atoms with Gasteiger partial charge >= 0.3 is 5.97 Å². The Morgan fingerprint density at radius 1 is 0.889 bits per heavy atom. The van der Waals surface area contributed by atoms with Crippen LogP contribution in [-0.2, 0) is 13.9 Å². The number of rotatable bonds is 18. The van der Waals surface area contributed by atoms with Crippen molar-refractivity contribution in [3.8, 4) is 23.0 Å². The van der Waals surface area contributed by atoms with Gasteiger partial charge in [-0.2, -0.15) is 9.88 Å². The lowest BCUT2D eigenvalue weighted by Crippen LogP contribution is -2.88. The molecule has 54 heavy (non-hydrogen) atoms. The van der Waals surface area contributed by atoms with Crippen molar-refractivity contribution in [2.45, 2.75) is 67.0 Å². The first-order valence-electron chi connectivity index (χ1n) is 17.8. The Hall–Kier alpha value is -4.32. The van der Waals surface area contributed by atoms with Crippen LogP contribution in [0.3, 0.4) is 0 Å². The number of benzene rings is 1. The maximum atomic E-state index is 15.4. The van der Waals surface area contributed by atoms with Crippen molar-refractivity contribution >= 4 is 42.8 Å². The fraction of sp³-hybridized carbons (Fsp3) is 0.543. The van der Waals surface area contributed by atoms with Crippen molar-refractivity contribution in [3.63, 3.8) is 0 Å². The fourth-order valence-corrected chi connectivity index (χ4v) is 8.16.